The van der Waals surface area contributed by atoms with Gasteiger partial charge in [-0.15, -0.1) is 0 Å². The summed E-state index contributed by atoms with van der Waals surface area (Å²) in [6, 6.07) is 10.2. The minimum atomic E-state index is -4.74. The number of hydrogen-bond donors (Lipinski definition) is 1. The molecule has 0 aliphatic carbocycles. The van der Waals surface area contributed by atoms with Crippen molar-refractivity contribution in [2.24, 2.45) is 0 Å². The Balaban J connectivity index is 1.73. The standard InChI is InChI=1S/C21H12F6N4O/c22-20(23,24)13-4-6-14(7-5-13)30-19-15-8-3-12(10-17(15)28-11-29-19)18-16(21(25,26)27)2-1-9-31(18)32/h1-11H,(H,28,29,30). The maximum absolute atomic E-state index is 13.4. The maximum Gasteiger partial charge on any atom is 0.422 e. The number of hydrogen-bond acceptors (Lipinski definition) is 4. The third kappa shape index (κ3) is 4.13. The fourth-order valence-corrected chi connectivity index (χ4v) is 3.18. The van der Waals surface area contributed by atoms with Gasteiger partial charge in [0.05, 0.1) is 16.6 Å². The van der Waals surface area contributed by atoms with Crippen LogP contribution >= 0.6 is 0 Å². The van der Waals surface area contributed by atoms with Crippen LogP contribution in [-0.4, -0.2) is 9.97 Å². The number of aromatic nitrogens is 3. The second kappa shape index (κ2) is 7.66. The zero-order valence-corrected chi connectivity index (χ0v) is 15.9. The van der Waals surface area contributed by atoms with Crippen LogP contribution in [0, 0.1) is 5.21 Å². The van der Waals surface area contributed by atoms with Gasteiger partial charge in [-0.05, 0) is 48.5 Å². The zero-order chi connectivity index (χ0) is 23.1. The number of benzene rings is 2. The summed E-state index contributed by atoms with van der Waals surface area (Å²) >= 11 is 0. The van der Waals surface area contributed by atoms with Crippen LogP contribution in [0.4, 0.5) is 37.8 Å². The van der Waals surface area contributed by atoms with Crippen LogP contribution in [0.25, 0.3) is 22.2 Å². The van der Waals surface area contributed by atoms with Crippen molar-refractivity contribution in [2.75, 3.05) is 5.32 Å². The average molecular weight is 450 g/mol. The Kier molecular flexibility index (Phi) is 5.11. The summed E-state index contributed by atoms with van der Waals surface area (Å²) in [5.74, 6) is 0.236. The molecule has 4 aromatic rings. The Hall–Kier alpha value is -3.89. The lowest BCUT2D eigenvalue weighted by atomic mass is 10.0. The van der Waals surface area contributed by atoms with Crippen molar-refractivity contribution >= 4 is 22.4 Å². The van der Waals surface area contributed by atoms with Gasteiger partial charge in [0.15, 0.2) is 6.20 Å². The van der Waals surface area contributed by atoms with Gasteiger partial charge in [-0.3, -0.25) is 0 Å². The summed E-state index contributed by atoms with van der Waals surface area (Å²) in [5.41, 5.74) is -1.91. The fourth-order valence-electron chi connectivity index (χ4n) is 3.18. The highest BCUT2D eigenvalue weighted by molar-refractivity contribution is 5.93. The van der Waals surface area contributed by atoms with E-state index in [-0.39, 0.29) is 21.6 Å². The van der Waals surface area contributed by atoms with Crippen LogP contribution in [0.2, 0.25) is 0 Å². The first-order chi connectivity index (χ1) is 15.0. The van der Waals surface area contributed by atoms with Gasteiger partial charge in [0.2, 0.25) is 5.69 Å². The van der Waals surface area contributed by atoms with Gasteiger partial charge < -0.3 is 10.5 Å². The van der Waals surface area contributed by atoms with Crippen molar-refractivity contribution in [3.8, 4) is 11.3 Å². The minimum absolute atomic E-state index is 0.000366. The first-order valence-electron chi connectivity index (χ1n) is 9.03. The van der Waals surface area contributed by atoms with Crippen molar-refractivity contribution in [2.45, 2.75) is 12.4 Å². The third-order valence-electron chi connectivity index (χ3n) is 4.65. The molecule has 5 nitrogen and oxygen atoms in total. The molecule has 0 aliphatic rings. The van der Waals surface area contributed by atoms with Crippen LogP contribution in [0.1, 0.15) is 11.1 Å². The number of anilines is 2. The lowest BCUT2D eigenvalue weighted by molar-refractivity contribution is -0.594. The molecular weight excluding hydrogens is 438 g/mol. The zero-order valence-electron chi connectivity index (χ0n) is 15.9. The number of rotatable bonds is 3. The topological polar surface area (TPSA) is 64.8 Å². The molecule has 0 atom stereocenters. The highest BCUT2D eigenvalue weighted by Gasteiger charge is 2.38. The van der Waals surface area contributed by atoms with Crippen LogP contribution in [0.3, 0.4) is 0 Å². The lowest BCUT2D eigenvalue weighted by Gasteiger charge is -2.13. The van der Waals surface area contributed by atoms with Gasteiger partial charge in [-0.25, -0.2) is 9.97 Å². The van der Waals surface area contributed by atoms with Crippen molar-refractivity contribution in [1.29, 1.82) is 0 Å². The van der Waals surface area contributed by atoms with E-state index in [1.807, 2.05) is 0 Å². The van der Waals surface area contributed by atoms with Gasteiger partial charge in [0, 0.05) is 17.1 Å². The average Bonchev–Trinajstić information content (AvgIpc) is 2.72. The van der Waals surface area contributed by atoms with Crippen LogP contribution in [-0.2, 0) is 12.4 Å². The Labute approximate surface area is 176 Å². The largest absolute Gasteiger partial charge is 0.618 e. The molecule has 32 heavy (non-hydrogen) atoms. The van der Waals surface area contributed by atoms with E-state index in [0.29, 0.717) is 11.1 Å². The minimum Gasteiger partial charge on any atom is -0.618 e. The van der Waals surface area contributed by atoms with Crippen molar-refractivity contribution in [3.05, 3.63) is 83.5 Å². The number of nitrogens with one attached hydrogen (secondary N) is 1. The molecule has 0 amide bonds. The molecule has 0 bridgehead atoms. The lowest BCUT2D eigenvalue weighted by Crippen LogP contribution is -2.31. The van der Waals surface area contributed by atoms with E-state index in [0.717, 1.165) is 36.8 Å². The fraction of sp³-hybridized carbons (Fsp3) is 0.0952. The molecule has 2 aromatic heterocycles. The molecule has 0 unspecified atom stereocenters. The van der Waals surface area contributed by atoms with Crippen molar-refractivity contribution in [1.82, 2.24) is 9.97 Å². The predicted octanol–water partition coefficient (Wildman–Crippen LogP) is 5.71. The summed E-state index contributed by atoms with van der Waals surface area (Å²) in [7, 11) is 0. The smallest absolute Gasteiger partial charge is 0.422 e. The summed E-state index contributed by atoms with van der Waals surface area (Å²) in [6.45, 7) is 0. The summed E-state index contributed by atoms with van der Waals surface area (Å²) in [6.07, 6.45) is -7.09. The van der Waals surface area contributed by atoms with E-state index < -0.39 is 29.2 Å². The molecule has 4 rings (SSSR count). The molecule has 2 aromatic carbocycles. The normalized spacial score (nSPS) is 12.2. The number of alkyl halides is 6. The molecule has 0 saturated carbocycles. The molecule has 11 heteroatoms. The van der Waals surface area contributed by atoms with Crippen molar-refractivity contribution < 1.29 is 31.1 Å². The number of halogens is 6. The molecule has 0 saturated heterocycles. The quantitative estimate of drug-likeness (QED) is 0.247. The van der Waals surface area contributed by atoms with Gasteiger partial charge in [0.25, 0.3) is 0 Å². The van der Waals surface area contributed by atoms with E-state index in [9.17, 15) is 31.5 Å². The van der Waals surface area contributed by atoms with Gasteiger partial charge >= 0.3 is 12.4 Å². The SMILES string of the molecule is [O-][n+]1cccc(C(F)(F)F)c1-c1ccc2c(Nc3ccc(C(F)(F)F)cc3)ncnc2c1. The first-order valence-corrected chi connectivity index (χ1v) is 9.03. The van der Waals surface area contributed by atoms with Crippen LogP contribution in [0.5, 0.6) is 0 Å². The van der Waals surface area contributed by atoms with Gasteiger partial charge in [0.1, 0.15) is 17.7 Å². The van der Waals surface area contributed by atoms with E-state index in [1.54, 1.807) is 0 Å². The highest BCUT2D eigenvalue weighted by atomic mass is 19.4. The first kappa shape index (κ1) is 21.3. The molecule has 1 N–H and O–H groups in total. The molecule has 2 heterocycles. The van der Waals surface area contributed by atoms with E-state index in [2.05, 4.69) is 15.3 Å². The maximum atomic E-state index is 13.4. The second-order valence-electron chi connectivity index (χ2n) is 6.75. The molecule has 0 aliphatic heterocycles. The third-order valence-corrected chi connectivity index (χ3v) is 4.65. The summed E-state index contributed by atoms with van der Waals surface area (Å²) < 4.78 is 78.4. The Morgan fingerprint density at radius 2 is 1.56 bits per heavy atom. The van der Waals surface area contributed by atoms with E-state index in [1.165, 1.54) is 30.3 Å². The summed E-state index contributed by atoms with van der Waals surface area (Å²) in [5, 5.41) is 15.4. The summed E-state index contributed by atoms with van der Waals surface area (Å²) in [4.78, 5) is 8.10. The second-order valence-corrected chi connectivity index (χ2v) is 6.75. The molecule has 164 valence electrons. The Morgan fingerprint density at radius 3 is 2.22 bits per heavy atom. The van der Waals surface area contributed by atoms with Crippen LogP contribution < -0.4 is 10.0 Å². The van der Waals surface area contributed by atoms with E-state index >= 15 is 0 Å². The van der Waals surface area contributed by atoms with Crippen LogP contribution in [0.15, 0.2) is 67.1 Å². The highest BCUT2D eigenvalue weighted by Crippen LogP contribution is 2.36. The Morgan fingerprint density at radius 1 is 0.844 bits per heavy atom. The monoisotopic (exact) mass is 450 g/mol. The predicted molar refractivity (Wildman–Crippen MR) is 104 cm³/mol. The van der Waals surface area contributed by atoms with Gasteiger partial charge in [-0.1, -0.05) is 0 Å². The number of fused-ring (bicyclic) bond motifs is 1. The number of nitrogens with zero attached hydrogens (tertiary/aromatic N) is 3. The number of pyridine rings is 1. The van der Waals surface area contributed by atoms with E-state index in [4.69, 9.17) is 0 Å². The van der Waals surface area contributed by atoms with Crippen molar-refractivity contribution in [3.63, 3.8) is 0 Å². The van der Waals surface area contributed by atoms with Gasteiger partial charge in [-0.2, -0.15) is 31.1 Å². The Bertz CT molecular complexity index is 1290. The molecule has 0 spiro atoms. The molecular formula is C21H12F6N4O. The molecule has 0 fully saturated rings. The molecule has 0 radical (unpaired) electrons.